The summed E-state index contributed by atoms with van der Waals surface area (Å²) < 4.78 is 39.5. The lowest BCUT2D eigenvalue weighted by molar-refractivity contribution is -0.138. The smallest absolute Gasteiger partial charge is 0.361 e. The van der Waals surface area contributed by atoms with Gasteiger partial charge in [0.2, 0.25) is 0 Å². The van der Waals surface area contributed by atoms with Crippen molar-refractivity contribution in [1.29, 1.82) is 0 Å². The predicted molar refractivity (Wildman–Crippen MR) is 77.3 cm³/mol. The first kappa shape index (κ1) is 13.7. The lowest BCUT2D eigenvalue weighted by atomic mass is 9.95. The number of benzene rings is 2. The number of rotatable bonds is 2. The van der Waals surface area contributed by atoms with Gasteiger partial charge in [-0.1, -0.05) is 30.3 Å². The van der Waals surface area contributed by atoms with Crippen molar-refractivity contribution >= 4 is 10.9 Å². The number of alkyl halides is 3. The molecule has 3 rings (SSSR count). The highest BCUT2D eigenvalue weighted by Gasteiger charge is 2.33. The minimum atomic E-state index is -4.33. The number of aryl methyl sites for hydroxylation is 1. The van der Waals surface area contributed by atoms with E-state index in [1.54, 1.807) is 19.2 Å². The minimum absolute atomic E-state index is 0.269. The van der Waals surface area contributed by atoms with Crippen molar-refractivity contribution in [3.8, 4) is 0 Å². The molecule has 1 N–H and O–H groups in total. The van der Waals surface area contributed by atoms with Crippen LogP contribution in [0.15, 0.2) is 48.7 Å². The normalized spacial score (nSPS) is 12.0. The summed E-state index contributed by atoms with van der Waals surface area (Å²) in [6.45, 7) is 1.72. The van der Waals surface area contributed by atoms with E-state index in [2.05, 4.69) is 4.98 Å². The summed E-state index contributed by atoms with van der Waals surface area (Å²) in [6.07, 6.45) is -2.27. The maximum Gasteiger partial charge on any atom is 0.416 e. The van der Waals surface area contributed by atoms with Crippen molar-refractivity contribution in [2.45, 2.75) is 19.5 Å². The van der Waals surface area contributed by atoms with Gasteiger partial charge in [-0.25, -0.2) is 0 Å². The number of hydrogen-bond acceptors (Lipinski definition) is 0. The van der Waals surface area contributed by atoms with Gasteiger partial charge in [0.15, 0.2) is 0 Å². The molecule has 0 saturated heterocycles. The van der Waals surface area contributed by atoms with Gasteiger partial charge >= 0.3 is 6.18 Å². The van der Waals surface area contributed by atoms with Gasteiger partial charge < -0.3 is 4.98 Å². The molecule has 0 spiro atoms. The molecule has 1 aromatic heterocycles. The molecule has 2 aromatic carbocycles. The first-order valence-electron chi connectivity index (χ1n) is 6.67. The van der Waals surface area contributed by atoms with Gasteiger partial charge in [0.1, 0.15) is 0 Å². The van der Waals surface area contributed by atoms with Crippen LogP contribution in [0.25, 0.3) is 10.9 Å². The number of nitrogens with one attached hydrogen (secondary N) is 1. The van der Waals surface area contributed by atoms with Gasteiger partial charge in [-0.15, -0.1) is 0 Å². The van der Waals surface area contributed by atoms with E-state index >= 15 is 0 Å². The van der Waals surface area contributed by atoms with Crippen LogP contribution in [-0.4, -0.2) is 4.98 Å². The molecule has 0 amide bonds. The molecular weight excluding hydrogens is 275 g/mol. The standard InChI is InChI=1S/C17H14F3N/c1-11-5-4-7-15(17(18,19)20)14(11)9-12-10-21-16-8-3-2-6-13(12)16/h2-8,10,21H,9H2,1H3. The Morgan fingerprint density at radius 3 is 2.52 bits per heavy atom. The summed E-state index contributed by atoms with van der Waals surface area (Å²) in [5, 5.41) is 0.967. The molecule has 0 saturated carbocycles. The summed E-state index contributed by atoms with van der Waals surface area (Å²) in [4.78, 5) is 3.10. The average molecular weight is 289 g/mol. The third-order valence-electron chi connectivity index (χ3n) is 3.76. The van der Waals surface area contributed by atoms with Crippen LogP contribution in [0.3, 0.4) is 0 Å². The molecule has 0 atom stereocenters. The Labute approximate surface area is 120 Å². The van der Waals surface area contributed by atoms with Gasteiger partial charge in [-0.3, -0.25) is 0 Å². The van der Waals surface area contributed by atoms with Crippen molar-refractivity contribution in [3.63, 3.8) is 0 Å². The summed E-state index contributed by atoms with van der Waals surface area (Å²) in [6, 6.07) is 12.0. The zero-order valence-electron chi connectivity index (χ0n) is 11.5. The Balaban J connectivity index is 2.10. The van der Waals surface area contributed by atoms with Crippen molar-refractivity contribution in [3.05, 3.63) is 70.9 Å². The maximum atomic E-state index is 13.2. The number of para-hydroxylation sites is 1. The summed E-state index contributed by atoms with van der Waals surface area (Å²) >= 11 is 0. The lowest BCUT2D eigenvalue weighted by Gasteiger charge is -2.15. The van der Waals surface area contributed by atoms with Crippen molar-refractivity contribution < 1.29 is 13.2 Å². The van der Waals surface area contributed by atoms with E-state index in [0.29, 0.717) is 11.1 Å². The topological polar surface area (TPSA) is 15.8 Å². The van der Waals surface area contributed by atoms with E-state index in [0.717, 1.165) is 22.5 Å². The molecule has 0 bridgehead atoms. The van der Waals surface area contributed by atoms with Gasteiger partial charge in [0.25, 0.3) is 0 Å². The Hall–Kier alpha value is -2.23. The second-order valence-electron chi connectivity index (χ2n) is 5.14. The fourth-order valence-corrected chi connectivity index (χ4v) is 2.67. The molecule has 1 nitrogen and oxygen atoms in total. The van der Waals surface area contributed by atoms with E-state index in [-0.39, 0.29) is 6.42 Å². The minimum Gasteiger partial charge on any atom is -0.361 e. The van der Waals surface area contributed by atoms with E-state index in [4.69, 9.17) is 0 Å². The predicted octanol–water partition coefficient (Wildman–Crippen LogP) is 5.09. The molecule has 0 aliphatic carbocycles. The third-order valence-corrected chi connectivity index (χ3v) is 3.76. The number of aromatic nitrogens is 1. The highest BCUT2D eigenvalue weighted by molar-refractivity contribution is 5.83. The Bertz CT molecular complexity index is 784. The van der Waals surface area contributed by atoms with E-state index in [1.165, 1.54) is 6.07 Å². The van der Waals surface area contributed by atoms with Crippen LogP contribution < -0.4 is 0 Å². The zero-order chi connectivity index (χ0) is 15.0. The van der Waals surface area contributed by atoms with Crippen LogP contribution in [0.5, 0.6) is 0 Å². The first-order chi connectivity index (χ1) is 9.97. The van der Waals surface area contributed by atoms with Crippen LogP contribution in [0, 0.1) is 6.92 Å². The molecule has 4 heteroatoms. The van der Waals surface area contributed by atoms with Gasteiger partial charge in [0, 0.05) is 23.5 Å². The zero-order valence-corrected chi connectivity index (χ0v) is 11.5. The molecule has 1 heterocycles. The van der Waals surface area contributed by atoms with Crippen molar-refractivity contribution in [2.75, 3.05) is 0 Å². The maximum absolute atomic E-state index is 13.2. The molecule has 21 heavy (non-hydrogen) atoms. The van der Waals surface area contributed by atoms with Crippen LogP contribution >= 0.6 is 0 Å². The Morgan fingerprint density at radius 2 is 1.76 bits per heavy atom. The van der Waals surface area contributed by atoms with E-state index < -0.39 is 11.7 Å². The van der Waals surface area contributed by atoms with Crippen LogP contribution in [0.2, 0.25) is 0 Å². The molecular formula is C17H14F3N. The molecule has 3 aromatic rings. The highest BCUT2D eigenvalue weighted by Crippen LogP contribution is 2.35. The van der Waals surface area contributed by atoms with Crippen molar-refractivity contribution in [2.24, 2.45) is 0 Å². The fourth-order valence-electron chi connectivity index (χ4n) is 2.67. The summed E-state index contributed by atoms with van der Waals surface area (Å²) in [5.74, 6) is 0. The molecule has 0 unspecified atom stereocenters. The number of H-pyrrole nitrogens is 1. The molecule has 0 fully saturated rings. The van der Waals surface area contributed by atoms with Gasteiger partial charge in [0.05, 0.1) is 5.56 Å². The molecule has 0 aliphatic heterocycles. The first-order valence-corrected chi connectivity index (χ1v) is 6.67. The van der Waals surface area contributed by atoms with Crippen molar-refractivity contribution in [1.82, 2.24) is 4.98 Å². The fraction of sp³-hybridized carbons (Fsp3) is 0.176. The Kier molecular flexibility index (Phi) is 3.24. The van der Waals surface area contributed by atoms with E-state index in [1.807, 2.05) is 24.3 Å². The molecule has 108 valence electrons. The van der Waals surface area contributed by atoms with E-state index in [9.17, 15) is 13.2 Å². The summed E-state index contributed by atoms with van der Waals surface area (Å²) in [7, 11) is 0. The third kappa shape index (κ3) is 2.53. The van der Waals surface area contributed by atoms with Crippen LogP contribution in [0.4, 0.5) is 13.2 Å². The summed E-state index contributed by atoms with van der Waals surface area (Å²) in [5.41, 5.74) is 2.28. The van der Waals surface area contributed by atoms with Crippen LogP contribution in [0.1, 0.15) is 22.3 Å². The second kappa shape index (κ2) is 4.95. The quantitative estimate of drug-likeness (QED) is 0.676. The average Bonchev–Trinajstić information content (AvgIpc) is 2.83. The number of aromatic amines is 1. The molecule has 0 aliphatic rings. The van der Waals surface area contributed by atoms with Crippen LogP contribution in [-0.2, 0) is 12.6 Å². The largest absolute Gasteiger partial charge is 0.416 e. The lowest BCUT2D eigenvalue weighted by Crippen LogP contribution is -2.10. The highest BCUT2D eigenvalue weighted by atomic mass is 19.4. The number of halogens is 3. The molecule has 0 radical (unpaired) electrons. The number of hydrogen-bond donors (Lipinski definition) is 1. The monoisotopic (exact) mass is 289 g/mol. The van der Waals surface area contributed by atoms with Gasteiger partial charge in [-0.05, 0) is 35.7 Å². The SMILES string of the molecule is Cc1cccc(C(F)(F)F)c1Cc1c[nH]c2ccccc12. The van der Waals surface area contributed by atoms with Gasteiger partial charge in [-0.2, -0.15) is 13.2 Å². The number of fused-ring (bicyclic) bond motifs is 1. The second-order valence-corrected chi connectivity index (χ2v) is 5.14. The Morgan fingerprint density at radius 1 is 1.00 bits per heavy atom.